The van der Waals surface area contributed by atoms with Crippen LogP contribution in [0.4, 0.5) is 0 Å². The molecule has 0 aromatic heterocycles. The molecule has 122 valence electrons. The van der Waals surface area contributed by atoms with E-state index < -0.39 is 0 Å². The summed E-state index contributed by atoms with van der Waals surface area (Å²) in [6, 6.07) is 8.35. The molecule has 3 nitrogen and oxygen atoms in total. The largest absolute Gasteiger partial charge is 0.369 e. The third-order valence-corrected chi connectivity index (χ3v) is 4.76. The van der Waals surface area contributed by atoms with Crippen LogP contribution in [0.2, 0.25) is 0 Å². The SMILES string of the molecule is CC(C)(C)N1C=CC(NC(=O)C2CCCc3ccccc32)=CC1. The molecule has 1 aromatic carbocycles. The van der Waals surface area contributed by atoms with Crippen LogP contribution in [-0.4, -0.2) is 22.9 Å². The van der Waals surface area contributed by atoms with Crippen molar-refractivity contribution in [2.45, 2.75) is 51.5 Å². The molecule has 1 aromatic rings. The molecular weight excluding hydrogens is 284 g/mol. The number of hydrogen-bond acceptors (Lipinski definition) is 2. The highest BCUT2D eigenvalue weighted by Gasteiger charge is 2.27. The lowest BCUT2D eigenvalue weighted by Gasteiger charge is -2.36. The summed E-state index contributed by atoms with van der Waals surface area (Å²) in [5.41, 5.74) is 3.54. The van der Waals surface area contributed by atoms with E-state index in [1.165, 1.54) is 11.1 Å². The van der Waals surface area contributed by atoms with E-state index in [1.54, 1.807) is 0 Å². The number of fused-ring (bicyclic) bond motifs is 1. The van der Waals surface area contributed by atoms with Crippen LogP contribution in [0.15, 0.2) is 48.3 Å². The molecule has 1 N–H and O–H groups in total. The summed E-state index contributed by atoms with van der Waals surface area (Å²) in [5, 5.41) is 3.11. The average Bonchev–Trinajstić information content (AvgIpc) is 2.54. The van der Waals surface area contributed by atoms with Crippen LogP contribution >= 0.6 is 0 Å². The normalized spacial score (nSPS) is 20.7. The number of amides is 1. The molecule has 1 atom stereocenters. The molecule has 2 aliphatic rings. The molecule has 23 heavy (non-hydrogen) atoms. The van der Waals surface area contributed by atoms with Crippen molar-refractivity contribution in [3.8, 4) is 0 Å². The van der Waals surface area contributed by atoms with E-state index in [-0.39, 0.29) is 17.4 Å². The fourth-order valence-electron chi connectivity index (χ4n) is 3.34. The van der Waals surface area contributed by atoms with Crippen molar-refractivity contribution < 1.29 is 4.79 Å². The number of benzene rings is 1. The molecule has 0 fully saturated rings. The van der Waals surface area contributed by atoms with Gasteiger partial charge in [-0.1, -0.05) is 24.3 Å². The van der Waals surface area contributed by atoms with Crippen molar-refractivity contribution in [2.75, 3.05) is 6.54 Å². The van der Waals surface area contributed by atoms with Gasteiger partial charge in [0.15, 0.2) is 0 Å². The van der Waals surface area contributed by atoms with Crippen molar-refractivity contribution in [2.24, 2.45) is 0 Å². The predicted molar refractivity (Wildman–Crippen MR) is 93.9 cm³/mol. The average molecular weight is 310 g/mol. The number of rotatable bonds is 2. The van der Waals surface area contributed by atoms with Gasteiger partial charge in [-0.05, 0) is 63.3 Å². The number of allylic oxidation sites excluding steroid dienone is 1. The summed E-state index contributed by atoms with van der Waals surface area (Å²) in [5.74, 6) is 0.104. The van der Waals surface area contributed by atoms with Gasteiger partial charge in [0.25, 0.3) is 0 Å². The summed E-state index contributed by atoms with van der Waals surface area (Å²) in [4.78, 5) is 15.0. The first kappa shape index (κ1) is 15.9. The van der Waals surface area contributed by atoms with Crippen LogP contribution in [0.1, 0.15) is 50.7 Å². The second-order valence-corrected chi connectivity index (χ2v) is 7.43. The van der Waals surface area contributed by atoms with Crippen molar-refractivity contribution in [1.82, 2.24) is 10.2 Å². The Kier molecular flexibility index (Phi) is 4.29. The molecule has 1 amide bonds. The lowest BCUT2D eigenvalue weighted by atomic mass is 9.82. The first-order valence-corrected chi connectivity index (χ1v) is 8.49. The lowest BCUT2D eigenvalue weighted by Crippen LogP contribution is -2.39. The molecule has 1 heterocycles. The number of nitrogens with one attached hydrogen (secondary N) is 1. The molecule has 1 aliphatic heterocycles. The molecule has 3 rings (SSSR count). The lowest BCUT2D eigenvalue weighted by molar-refractivity contribution is -0.122. The second-order valence-electron chi connectivity index (χ2n) is 7.43. The summed E-state index contributed by atoms with van der Waals surface area (Å²) < 4.78 is 0. The van der Waals surface area contributed by atoms with E-state index in [0.717, 1.165) is 31.5 Å². The van der Waals surface area contributed by atoms with E-state index in [0.29, 0.717) is 0 Å². The smallest absolute Gasteiger partial charge is 0.231 e. The van der Waals surface area contributed by atoms with Gasteiger partial charge < -0.3 is 10.2 Å². The molecule has 0 saturated heterocycles. The monoisotopic (exact) mass is 310 g/mol. The molecule has 0 saturated carbocycles. The fraction of sp³-hybridized carbons (Fsp3) is 0.450. The van der Waals surface area contributed by atoms with E-state index in [9.17, 15) is 4.79 Å². The summed E-state index contributed by atoms with van der Waals surface area (Å²) in [6.45, 7) is 7.39. The Bertz CT molecular complexity index is 652. The van der Waals surface area contributed by atoms with Crippen LogP contribution in [0, 0.1) is 0 Å². The number of carbonyl (C=O) groups is 1. The topological polar surface area (TPSA) is 32.3 Å². The number of carbonyl (C=O) groups excluding carboxylic acids is 1. The van der Waals surface area contributed by atoms with Gasteiger partial charge in [0.2, 0.25) is 5.91 Å². The minimum absolute atomic E-state index is 0.0186. The number of hydrogen-bond donors (Lipinski definition) is 1. The summed E-state index contributed by atoms with van der Waals surface area (Å²) in [7, 11) is 0. The predicted octanol–water partition coefficient (Wildman–Crippen LogP) is 3.73. The second kappa shape index (κ2) is 6.23. The molecule has 1 unspecified atom stereocenters. The Morgan fingerprint density at radius 1 is 1.26 bits per heavy atom. The molecule has 0 radical (unpaired) electrons. The molecule has 3 heteroatoms. The van der Waals surface area contributed by atoms with Gasteiger partial charge in [0.05, 0.1) is 5.92 Å². The maximum atomic E-state index is 12.7. The zero-order chi connectivity index (χ0) is 16.4. The third kappa shape index (κ3) is 3.49. The molecule has 1 aliphatic carbocycles. The Morgan fingerprint density at radius 3 is 2.74 bits per heavy atom. The van der Waals surface area contributed by atoms with Crippen LogP contribution in [0.5, 0.6) is 0 Å². The summed E-state index contributed by atoms with van der Waals surface area (Å²) >= 11 is 0. The van der Waals surface area contributed by atoms with Crippen molar-refractivity contribution in [1.29, 1.82) is 0 Å². The van der Waals surface area contributed by atoms with Gasteiger partial charge in [-0.15, -0.1) is 0 Å². The van der Waals surface area contributed by atoms with Crippen molar-refractivity contribution >= 4 is 5.91 Å². The summed E-state index contributed by atoms with van der Waals surface area (Å²) in [6.07, 6.45) is 9.28. The van der Waals surface area contributed by atoms with Gasteiger partial charge in [-0.2, -0.15) is 0 Å². The van der Waals surface area contributed by atoms with E-state index in [2.05, 4.69) is 61.5 Å². The third-order valence-electron chi connectivity index (χ3n) is 4.76. The number of aryl methyl sites for hydroxylation is 1. The molecule has 0 spiro atoms. The molecular formula is C20H26N2O. The van der Waals surface area contributed by atoms with Gasteiger partial charge in [0, 0.05) is 24.0 Å². The van der Waals surface area contributed by atoms with E-state index in [4.69, 9.17) is 0 Å². The highest BCUT2D eigenvalue weighted by Crippen LogP contribution is 2.31. The Morgan fingerprint density at radius 2 is 2.04 bits per heavy atom. The minimum atomic E-state index is -0.0186. The highest BCUT2D eigenvalue weighted by molar-refractivity contribution is 5.86. The maximum Gasteiger partial charge on any atom is 0.231 e. The van der Waals surface area contributed by atoms with Gasteiger partial charge in [-0.3, -0.25) is 4.79 Å². The van der Waals surface area contributed by atoms with Crippen LogP contribution in [0.25, 0.3) is 0 Å². The highest BCUT2D eigenvalue weighted by atomic mass is 16.1. The first-order chi connectivity index (χ1) is 10.9. The van der Waals surface area contributed by atoms with E-state index >= 15 is 0 Å². The van der Waals surface area contributed by atoms with E-state index in [1.807, 2.05) is 12.1 Å². The van der Waals surface area contributed by atoms with Gasteiger partial charge >= 0.3 is 0 Å². The Labute approximate surface area is 139 Å². The first-order valence-electron chi connectivity index (χ1n) is 8.49. The zero-order valence-corrected chi connectivity index (χ0v) is 14.3. The van der Waals surface area contributed by atoms with Gasteiger partial charge in [-0.25, -0.2) is 0 Å². The quantitative estimate of drug-likeness (QED) is 0.902. The van der Waals surface area contributed by atoms with Crippen LogP contribution in [-0.2, 0) is 11.2 Å². The Hall–Kier alpha value is -2.03. The standard InChI is InChI=1S/C20H26N2O/c1-20(2,3)22-13-11-16(12-14-22)21-19(23)18-10-6-8-15-7-4-5-9-17(15)18/h4-5,7,9,11-13,18H,6,8,10,14H2,1-3H3,(H,21,23). The van der Waals surface area contributed by atoms with Crippen molar-refractivity contribution in [3.63, 3.8) is 0 Å². The van der Waals surface area contributed by atoms with Crippen LogP contribution in [0.3, 0.4) is 0 Å². The van der Waals surface area contributed by atoms with Crippen LogP contribution < -0.4 is 5.32 Å². The fourth-order valence-corrected chi connectivity index (χ4v) is 3.34. The van der Waals surface area contributed by atoms with Crippen molar-refractivity contribution in [3.05, 3.63) is 59.4 Å². The van der Waals surface area contributed by atoms with Gasteiger partial charge in [0.1, 0.15) is 0 Å². The molecule has 0 bridgehead atoms. The minimum Gasteiger partial charge on any atom is -0.369 e. The zero-order valence-electron chi connectivity index (χ0n) is 14.3. The number of nitrogens with zero attached hydrogens (tertiary/aromatic N) is 1. The maximum absolute atomic E-state index is 12.7. The Balaban J connectivity index is 1.68.